The second kappa shape index (κ2) is 4.29. The first-order valence-electron chi connectivity index (χ1n) is 5.74. The first-order valence-corrected chi connectivity index (χ1v) is 6.56. The molecule has 0 bridgehead atoms. The highest BCUT2D eigenvalue weighted by Gasteiger charge is 2.33. The van der Waals surface area contributed by atoms with E-state index in [9.17, 15) is 14.7 Å². The van der Waals surface area contributed by atoms with Crippen molar-refractivity contribution in [3.63, 3.8) is 0 Å². The fraction of sp³-hybridized carbons (Fsp3) is 0.250. The summed E-state index contributed by atoms with van der Waals surface area (Å²) in [5.41, 5.74) is 6.20. The second-order valence-corrected chi connectivity index (χ2v) is 5.41. The number of carboxylic acid groups (broad SMARTS) is 1. The molecular formula is C12H11N3O3S. The van der Waals surface area contributed by atoms with E-state index in [1.165, 1.54) is 4.90 Å². The summed E-state index contributed by atoms with van der Waals surface area (Å²) in [6, 6.07) is 3.25. The number of nitrogens with two attached hydrogens (primary N) is 1. The molecule has 2 aromatic rings. The van der Waals surface area contributed by atoms with Crippen LogP contribution < -0.4 is 10.6 Å². The first-order chi connectivity index (χ1) is 9.08. The van der Waals surface area contributed by atoms with Crippen molar-refractivity contribution in [3.8, 4) is 0 Å². The van der Waals surface area contributed by atoms with Crippen molar-refractivity contribution in [2.45, 2.75) is 12.5 Å². The van der Waals surface area contributed by atoms with Gasteiger partial charge in [0.25, 0.3) is 0 Å². The molecule has 1 aliphatic rings. The molecule has 1 fully saturated rings. The monoisotopic (exact) mass is 277 g/mol. The van der Waals surface area contributed by atoms with Crippen LogP contribution in [-0.4, -0.2) is 34.6 Å². The number of hydrogen-bond donors (Lipinski definition) is 2. The maximum absolute atomic E-state index is 11.9. The van der Waals surface area contributed by atoms with Gasteiger partial charge in [-0.05, 0) is 12.1 Å². The van der Waals surface area contributed by atoms with Crippen molar-refractivity contribution in [1.82, 2.24) is 4.98 Å². The normalized spacial score (nSPS) is 19.3. The minimum absolute atomic E-state index is 0.135. The molecular weight excluding hydrogens is 266 g/mol. The first kappa shape index (κ1) is 12.1. The number of carbonyl (C=O) groups excluding carboxylic acids is 1. The summed E-state index contributed by atoms with van der Waals surface area (Å²) >= 11 is 1.08. The molecule has 1 amide bonds. The largest absolute Gasteiger partial charge is 0.477 e. The van der Waals surface area contributed by atoms with Gasteiger partial charge in [0.1, 0.15) is 9.71 Å². The summed E-state index contributed by atoms with van der Waals surface area (Å²) in [5, 5.41) is 9.98. The van der Waals surface area contributed by atoms with Crippen molar-refractivity contribution in [3.05, 3.63) is 23.2 Å². The van der Waals surface area contributed by atoms with E-state index in [0.717, 1.165) is 11.3 Å². The number of carbonyl (C=O) groups is 2. The van der Waals surface area contributed by atoms with Gasteiger partial charge in [0.2, 0.25) is 5.91 Å². The fourth-order valence-electron chi connectivity index (χ4n) is 2.28. The lowest BCUT2D eigenvalue weighted by molar-refractivity contribution is -0.117. The molecule has 6 nitrogen and oxygen atoms in total. The second-order valence-electron chi connectivity index (χ2n) is 4.41. The van der Waals surface area contributed by atoms with Gasteiger partial charge >= 0.3 is 5.97 Å². The van der Waals surface area contributed by atoms with Crippen molar-refractivity contribution < 1.29 is 14.7 Å². The van der Waals surface area contributed by atoms with Gasteiger partial charge in [0, 0.05) is 30.6 Å². The van der Waals surface area contributed by atoms with Crippen molar-refractivity contribution in [2.24, 2.45) is 5.73 Å². The Hall–Kier alpha value is -1.99. The van der Waals surface area contributed by atoms with Crippen molar-refractivity contribution >= 4 is 39.1 Å². The Labute approximate surface area is 112 Å². The van der Waals surface area contributed by atoms with Gasteiger partial charge in [-0.15, -0.1) is 11.3 Å². The molecule has 1 aliphatic heterocycles. The summed E-state index contributed by atoms with van der Waals surface area (Å²) in [6.45, 7) is 0.347. The number of aromatic nitrogens is 1. The molecule has 1 atom stereocenters. The highest BCUT2D eigenvalue weighted by atomic mass is 32.1. The standard InChI is InChI=1S/C12H11N3O3S/c13-6-4-8(16)15(5-6)9-7-2-1-3-14-11(7)19-10(9)12(17)18/h1-3,6H,4-5,13H2,(H,17,18). The quantitative estimate of drug-likeness (QED) is 0.855. The molecule has 7 heteroatoms. The molecule has 3 heterocycles. The minimum atomic E-state index is -1.05. The molecule has 1 saturated heterocycles. The number of pyridine rings is 1. The average molecular weight is 277 g/mol. The topological polar surface area (TPSA) is 96.5 Å². The third kappa shape index (κ3) is 1.87. The number of thiophene rings is 1. The molecule has 19 heavy (non-hydrogen) atoms. The van der Waals surface area contributed by atoms with E-state index in [4.69, 9.17) is 5.73 Å². The minimum Gasteiger partial charge on any atom is -0.477 e. The molecule has 0 aliphatic carbocycles. The number of carboxylic acids is 1. The Balaban J connectivity index is 2.23. The van der Waals surface area contributed by atoms with Crippen molar-refractivity contribution in [2.75, 3.05) is 11.4 Å². The maximum Gasteiger partial charge on any atom is 0.348 e. The molecule has 3 rings (SSSR count). The number of anilines is 1. The number of nitrogens with zero attached hydrogens (tertiary/aromatic N) is 2. The highest BCUT2D eigenvalue weighted by molar-refractivity contribution is 7.21. The molecule has 3 N–H and O–H groups in total. The zero-order chi connectivity index (χ0) is 13.6. The van der Waals surface area contributed by atoms with Gasteiger partial charge in [0.05, 0.1) is 5.69 Å². The van der Waals surface area contributed by atoms with Crippen LogP contribution in [0.5, 0.6) is 0 Å². The van der Waals surface area contributed by atoms with E-state index in [-0.39, 0.29) is 23.2 Å². The van der Waals surface area contributed by atoms with E-state index in [1.54, 1.807) is 18.3 Å². The summed E-state index contributed by atoms with van der Waals surface area (Å²) in [7, 11) is 0. The number of rotatable bonds is 2. The Morgan fingerprint density at radius 1 is 1.58 bits per heavy atom. The molecule has 2 aromatic heterocycles. The van der Waals surface area contributed by atoms with Crippen LogP contribution in [0.3, 0.4) is 0 Å². The van der Waals surface area contributed by atoms with Gasteiger partial charge in [-0.1, -0.05) is 0 Å². The van der Waals surface area contributed by atoms with E-state index >= 15 is 0 Å². The van der Waals surface area contributed by atoms with Gasteiger partial charge in [-0.25, -0.2) is 9.78 Å². The third-order valence-electron chi connectivity index (χ3n) is 3.06. The Bertz CT molecular complexity index is 682. The number of aromatic carboxylic acids is 1. The van der Waals surface area contributed by atoms with E-state index in [0.29, 0.717) is 22.4 Å². The van der Waals surface area contributed by atoms with Gasteiger partial charge < -0.3 is 15.7 Å². The number of hydrogen-bond acceptors (Lipinski definition) is 5. The van der Waals surface area contributed by atoms with E-state index < -0.39 is 5.97 Å². The van der Waals surface area contributed by atoms with Crippen molar-refractivity contribution in [1.29, 1.82) is 0 Å². The summed E-state index contributed by atoms with van der Waals surface area (Å²) < 4.78 is 0. The van der Waals surface area contributed by atoms with Crippen LogP contribution in [0.25, 0.3) is 10.2 Å². The maximum atomic E-state index is 11.9. The summed E-state index contributed by atoms with van der Waals surface area (Å²) in [5.74, 6) is -1.19. The zero-order valence-electron chi connectivity index (χ0n) is 9.87. The van der Waals surface area contributed by atoms with Gasteiger partial charge in [0.15, 0.2) is 0 Å². The Morgan fingerprint density at radius 2 is 2.37 bits per heavy atom. The molecule has 1 unspecified atom stereocenters. The van der Waals surface area contributed by atoms with Crippen LogP contribution in [0, 0.1) is 0 Å². The Morgan fingerprint density at radius 3 is 3.00 bits per heavy atom. The molecule has 0 saturated carbocycles. The van der Waals surface area contributed by atoms with Crippen LogP contribution in [0.2, 0.25) is 0 Å². The molecule has 98 valence electrons. The number of amides is 1. The number of fused-ring (bicyclic) bond motifs is 1. The van der Waals surface area contributed by atoms with Crippen LogP contribution >= 0.6 is 11.3 Å². The fourth-order valence-corrected chi connectivity index (χ4v) is 3.27. The lowest BCUT2D eigenvalue weighted by Gasteiger charge is -2.16. The lowest BCUT2D eigenvalue weighted by Crippen LogP contribution is -2.28. The predicted octanol–water partition coefficient (Wildman–Crippen LogP) is 1.06. The Kier molecular flexibility index (Phi) is 2.72. The smallest absolute Gasteiger partial charge is 0.348 e. The van der Waals surface area contributed by atoms with Crippen LogP contribution in [0.1, 0.15) is 16.1 Å². The molecule has 0 spiro atoms. The van der Waals surface area contributed by atoms with Crippen LogP contribution in [0.4, 0.5) is 5.69 Å². The average Bonchev–Trinajstić information content (AvgIpc) is 2.89. The van der Waals surface area contributed by atoms with Crippen LogP contribution in [-0.2, 0) is 4.79 Å². The van der Waals surface area contributed by atoms with Gasteiger partial charge in [-0.3, -0.25) is 4.79 Å². The lowest BCUT2D eigenvalue weighted by atomic mass is 10.2. The summed E-state index contributed by atoms with van der Waals surface area (Å²) in [4.78, 5) is 29.7. The summed E-state index contributed by atoms with van der Waals surface area (Å²) in [6.07, 6.45) is 1.85. The SMILES string of the molecule is NC1CC(=O)N(c2c(C(=O)O)sc3ncccc23)C1. The van der Waals surface area contributed by atoms with Gasteiger partial charge in [-0.2, -0.15) is 0 Å². The van der Waals surface area contributed by atoms with E-state index in [2.05, 4.69) is 4.98 Å². The van der Waals surface area contributed by atoms with E-state index in [1.807, 2.05) is 0 Å². The molecule has 0 aromatic carbocycles. The predicted molar refractivity (Wildman–Crippen MR) is 71.5 cm³/mol. The zero-order valence-corrected chi connectivity index (χ0v) is 10.7. The van der Waals surface area contributed by atoms with Crippen LogP contribution in [0.15, 0.2) is 18.3 Å². The molecule has 0 radical (unpaired) electrons. The third-order valence-corrected chi connectivity index (χ3v) is 4.15. The highest BCUT2D eigenvalue weighted by Crippen LogP contribution is 2.38.